The Morgan fingerprint density at radius 1 is 1.03 bits per heavy atom. The van der Waals surface area contributed by atoms with Crippen LogP contribution >= 0.6 is 0 Å². The highest BCUT2D eigenvalue weighted by Gasteiger charge is 2.26. The van der Waals surface area contributed by atoms with E-state index in [0.29, 0.717) is 17.4 Å². The lowest BCUT2D eigenvalue weighted by atomic mass is 9.89. The van der Waals surface area contributed by atoms with Crippen molar-refractivity contribution in [3.63, 3.8) is 0 Å². The molecule has 3 heterocycles. The molecule has 0 spiro atoms. The van der Waals surface area contributed by atoms with Gasteiger partial charge in [0, 0.05) is 57.1 Å². The molecule has 2 aliphatic heterocycles. The van der Waals surface area contributed by atoms with Crippen LogP contribution < -0.4 is 10.2 Å². The van der Waals surface area contributed by atoms with Crippen molar-refractivity contribution >= 4 is 17.3 Å². The van der Waals surface area contributed by atoms with Crippen LogP contribution in [0.1, 0.15) is 64.2 Å². The number of amides is 1. The first-order valence-electron chi connectivity index (χ1n) is 13.5. The van der Waals surface area contributed by atoms with Crippen molar-refractivity contribution in [1.29, 1.82) is 0 Å². The molecule has 0 bridgehead atoms. The summed E-state index contributed by atoms with van der Waals surface area (Å²) >= 11 is 0. The van der Waals surface area contributed by atoms with Gasteiger partial charge in [0.25, 0.3) is 5.91 Å². The number of benzene rings is 2. The molecule has 37 heavy (non-hydrogen) atoms. The maximum Gasteiger partial charge on any atom is 0.255 e. The molecule has 1 atom stereocenters. The Hall–Kier alpha value is -3.29. The number of hydrogen-bond acceptors (Lipinski definition) is 6. The normalized spacial score (nSPS) is 20.5. The van der Waals surface area contributed by atoms with Gasteiger partial charge >= 0.3 is 0 Å². The molecule has 1 unspecified atom stereocenters. The number of aromatic nitrogens is 2. The van der Waals surface area contributed by atoms with E-state index < -0.39 is 0 Å². The molecule has 1 aliphatic carbocycles. The standard InChI is InChI=1S/C30H36N6O/c1-21-17-36(28-15-31-20-32-16-28)19-26-13-24(5-6-29(21)26)30(37)33-27-12-22(11-25(14-27)23-3-4-23)18-35-9-7-34(2)8-10-35/h5-6,11-16,20-21,23H,3-4,7-10,17-19H2,1-2H3,(H,33,37). The van der Waals surface area contributed by atoms with E-state index in [2.05, 4.69) is 74.3 Å². The average molecular weight is 497 g/mol. The van der Waals surface area contributed by atoms with E-state index in [-0.39, 0.29) is 5.91 Å². The lowest BCUT2D eigenvalue weighted by Gasteiger charge is -2.34. The fourth-order valence-corrected chi connectivity index (χ4v) is 5.72. The quantitative estimate of drug-likeness (QED) is 0.543. The van der Waals surface area contributed by atoms with Crippen LogP contribution in [-0.4, -0.2) is 65.4 Å². The van der Waals surface area contributed by atoms with E-state index in [1.807, 2.05) is 18.5 Å². The zero-order chi connectivity index (χ0) is 25.4. The van der Waals surface area contributed by atoms with Crippen molar-refractivity contribution in [1.82, 2.24) is 19.8 Å². The average Bonchev–Trinajstić information content (AvgIpc) is 3.76. The highest BCUT2D eigenvalue weighted by atomic mass is 16.1. The van der Waals surface area contributed by atoms with Crippen molar-refractivity contribution in [2.75, 3.05) is 50.0 Å². The first-order chi connectivity index (χ1) is 18.0. The molecule has 1 N–H and O–H groups in total. The predicted molar refractivity (Wildman–Crippen MR) is 147 cm³/mol. The van der Waals surface area contributed by atoms with Gasteiger partial charge in [-0.15, -0.1) is 0 Å². The fraction of sp³-hybridized carbons (Fsp3) is 0.433. The molecule has 2 aromatic carbocycles. The summed E-state index contributed by atoms with van der Waals surface area (Å²) in [5, 5.41) is 3.23. The summed E-state index contributed by atoms with van der Waals surface area (Å²) in [4.78, 5) is 29.0. The van der Waals surface area contributed by atoms with Gasteiger partial charge < -0.3 is 15.1 Å². The van der Waals surface area contributed by atoms with Gasteiger partial charge in [-0.2, -0.15) is 0 Å². The summed E-state index contributed by atoms with van der Waals surface area (Å²) in [6, 6.07) is 12.9. The summed E-state index contributed by atoms with van der Waals surface area (Å²) in [5.74, 6) is 0.962. The Morgan fingerprint density at radius 2 is 1.81 bits per heavy atom. The number of hydrogen-bond donors (Lipinski definition) is 1. The van der Waals surface area contributed by atoms with Crippen molar-refractivity contribution < 1.29 is 4.79 Å². The highest BCUT2D eigenvalue weighted by molar-refractivity contribution is 6.04. The molecule has 7 heteroatoms. The van der Waals surface area contributed by atoms with E-state index in [1.165, 1.54) is 35.1 Å². The molecule has 2 fully saturated rings. The lowest BCUT2D eigenvalue weighted by Crippen LogP contribution is -2.43. The second-order valence-corrected chi connectivity index (χ2v) is 11.1. The van der Waals surface area contributed by atoms with Gasteiger partial charge in [-0.05, 0) is 78.2 Å². The zero-order valence-electron chi connectivity index (χ0n) is 21.9. The molecule has 192 valence electrons. The number of carbonyl (C=O) groups excluding carboxylic acids is 1. The largest absolute Gasteiger partial charge is 0.364 e. The molecule has 3 aliphatic rings. The molecule has 1 saturated heterocycles. The van der Waals surface area contributed by atoms with Gasteiger partial charge in [-0.1, -0.05) is 19.1 Å². The van der Waals surface area contributed by atoms with Crippen LogP contribution in [-0.2, 0) is 13.1 Å². The molecule has 1 saturated carbocycles. The summed E-state index contributed by atoms with van der Waals surface area (Å²) < 4.78 is 0. The maximum absolute atomic E-state index is 13.4. The molecule has 3 aromatic rings. The minimum Gasteiger partial charge on any atom is -0.364 e. The second kappa shape index (κ2) is 10.2. The van der Waals surface area contributed by atoms with Gasteiger partial charge in [0.05, 0.1) is 18.1 Å². The van der Waals surface area contributed by atoms with Crippen LogP contribution in [0.3, 0.4) is 0 Å². The Bertz CT molecular complexity index is 1270. The predicted octanol–water partition coefficient (Wildman–Crippen LogP) is 4.48. The topological polar surface area (TPSA) is 64.6 Å². The molecule has 1 amide bonds. The van der Waals surface area contributed by atoms with Crippen LogP contribution in [0, 0.1) is 0 Å². The van der Waals surface area contributed by atoms with Crippen molar-refractivity contribution in [3.05, 3.63) is 82.9 Å². The van der Waals surface area contributed by atoms with Crippen LogP contribution in [0.25, 0.3) is 0 Å². The molecule has 7 nitrogen and oxygen atoms in total. The Morgan fingerprint density at radius 3 is 2.57 bits per heavy atom. The molecular weight excluding hydrogens is 460 g/mol. The number of rotatable bonds is 6. The zero-order valence-corrected chi connectivity index (χ0v) is 21.9. The summed E-state index contributed by atoms with van der Waals surface area (Å²) in [6.07, 6.45) is 7.76. The van der Waals surface area contributed by atoms with Crippen molar-refractivity contribution in [2.24, 2.45) is 0 Å². The van der Waals surface area contributed by atoms with E-state index in [0.717, 1.165) is 57.2 Å². The Balaban J connectivity index is 1.20. The molecule has 0 radical (unpaired) electrons. The Labute approximate surface area is 219 Å². The number of anilines is 2. The first kappa shape index (κ1) is 24.1. The van der Waals surface area contributed by atoms with Crippen LogP contribution in [0.4, 0.5) is 11.4 Å². The minimum absolute atomic E-state index is 0.0471. The third-order valence-corrected chi connectivity index (χ3v) is 8.03. The van der Waals surface area contributed by atoms with Crippen LogP contribution in [0.2, 0.25) is 0 Å². The van der Waals surface area contributed by atoms with Gasteiger partial charge in [-0.25, -0.2) is 9.97 Å². The number of piperazine rings is 1. The van der Waals surface area contributed by atoms with E-state index >= 15 is 0 Å². The second-order valence-electron chi connectivity index (χ2n) is 11.1. The van der Waals surface area contributed by atoms with Crippen molar-refractivity contribution in [2.45, 2.75) is 44.7 Å². The maximum atomic E-state index is 13.4. The molecular formula is C30H36N6O. The summed E-state index contributed by atoms with van der Waals surface area (Å²) in [6.45, 7) is 9.23. The van der Waals surface area contributed by atoms with Gasteiger partial charge in [0.15, 0.2) is 0 Å². The van der Waals surface area contributed by atoms with Crippen LogP contribution in [0.5, 0.6) is 0 Å². The minimum atomic E-state index is -0.0471. The summed E-state index contributed by atoms with van der Waals surface area (Å²) in [5.41, 5.74) is 7.79. The van der Waals surface area contributed by atoms with Gasteiger partial charge in [0.2, 0.25) is 0 Å². The molecule has 1 aromatic heterocycles. The van der Waals surface area contributed by atoms with E-state index in [4.69, 9.17) is 0 Å². The lowest BCUT2D eigenvalue weighted by molar-refractivity contribution is 0.102. The third-order valence-electron chi connectivity index (χ3n) is 8.03. The monoisotopic (exact) mass is 496 g/mol. The van der Waals surface area contributed by atoms with Crippen molar-refractivity contribution in [3.8, 4) is 0 Å². The Kier molecular flexibility index (Phi) is 6.65. The van der Waals surface area contributed by atoms with Gasteiger partial charge in [0.1, 0.15) is 6.33 Å². The summed E-state index contributed by atoms with van der Waals surface area (Å²) in [7, 11) is 2.19. The number of likely N-dealkylation sites (N-methyl/N-ethyl adjacent to an activating group) is 1. The SMILES string of the molecule is CC1CN(c2cncnc2)Cc2cc(C(=O)Nc3cc(CN4CCN(C)CC4)cc(C4CC4)c3)ccc21. The number of nitrogens with zero attached hydrogens (tertiary/aromatic N) is 5. The van der Waals surface area contributed by atoms with Crippen LogP contribution in [0.15, 0.2) is 55.1 Å². The van der Waals surface area contributed by atoms with E-state index in [1.54, 1.807) is 6.33 Å². The number of carbonyl (C=O) groups is 1. The van der Waals surface area contributed by atoms with Gasteiger partial charge in [-0.3, -0.25) is 9.69 Å². The van der Waals surface area contributed by atoms with E-state index in [9.17, 15) is 4.79 Å². The molecule has 6 rings (SSSR count). The first-order valence-corrected chi connectivity index (χ1v) is 13.5. The number of fused-ring (bicyclic) bond motifs is 1. The highest BCUT2D eigenvalue weighted by Crippen LogP contribution is 2.41. The number of nitrogens with one attached hydrogen (secondary N) is 1. The fourth-order valence-electron chi connectivity index (χ4n) is 5.72. The third kappa shape index (κ3) is 5.53. The smallest absolute Gasteiger partial charge is 0.255 e.